The Kier molecular flexibility index (Phi) is 6.43. The van der Waals surface area contributed by atoms with Gasteiger partial charge in [-0.3, -0.25) is 4.79 Å². The zero-order chi connectivity index (χ0) is 19.9. The van der Waals surface area contributed by atoms with Crippen molar-refractivity contribution in [1.82, 2.24) is 5.43 Å². The average molecular weight is 489 g/mol. The Morgan fingerprint density at radius 1 is 1.11 bits per heavy atom. The molecule has 0 spiro atoms. The van der Waals surface area contributed by atoms with Crippen molar-refractivity contribution >= 4 is 46.4 Å². The summed E-state index contributed by atoms with van der Waals surface area (Å²) in [6.07, 6.45) is 1.38. The highest BCUT2D eigenvalue weighted by Gasteiger charge is 2.08. The van der Waals surface area contributed by atoms with Gasteiger partial charge in [0, 0.05) is 14.8 Å². The number of amides is 1. The molecule has 3 rings (SSSR count). The van der Waals surface area contributed by atoms with Gasteiger partial charge in [-0.1, -0.05) is 12.1 Å². The molecule has 0 aliphatic heterocycles. The van der Waals surface area contributed by atoms with Crippen LogP contribution in [0.25, 0.3) is 11.3 Å². The first-order chi connectivity index (χ1) is 13.5. The number of nitrogens with one attached hydrogen (secondary N) is 2. The highest BCUT2D eigenvalue weighted by atomic mass is 127. The fraction of sp³-hybridized carbons (Fsp3) is 0.0500. The lowest BCUT2D eigenvalue weighted by atomic mass is 10.1. The lowest BCUT2D eigenvalue weighted by Gasteiger charge is -2.04. The van der Waals surface area contributed by atoms with Crippen molar-refractivity contribution in [3.8, 4) is 11.3 Å². The molecule has 28 heavy (non-hydrogen) atoms. The largest absolute Gasteiger partial charge is 0.478 e. The van der Waals surface area contributed by atoms with Crippen LogP contribution in [-0.4, -0.2) is 29.7 Å². The van der Waals surface area contributed by atoms with Crippen LogP contribution in [0.15, 0.2) is 70.2 Å². The van der Waals surface area contributed by atoms with Crippen molar-refractivity contribution in [1.29, 1.82) is 0 Å². The fourth-order valence-electron chi connectivity index (χ4n) is 2.34. The van der Waals surface area contributed by atoms with Gasteiger partial charge in [-0.05, 0) is 71.1 Å². The Bertz CT molecular complexity index is 1010. The predicted molar refractivity (Wildman–Crippen MR) is 114 cm³/mol. The average Bonchev–Trinajstić information content (AvgIpc) is 3.16. The van der Waals surface area contributed by atoms with Gasteiger partial charge in [-0.2, -0.15) is 5.10 Å². The number of nitrogens with zero attached hydrogens (tertiary/aromatic N) is 1. The molecule has 0 atom stereocenters. The number of aromatic carboxylic acids is 1. The minimum absolute atomic E-state index is 0.0866. The summed E-state index contributed by atoms with van der Waals surface area (Å²) in [6, 6.07) is 17.5. The van der Waals surface area contributed by atoms with E-state index >= 15 is 0 Å². The number of furan rings is 1. The zero-order valence-electron chi connectivity index (χ0n) is 14.6. The third-order valence-electron chi connectivity index (χ3n) is 3.70. The molecule has 1 aromatic heterocycles. The Balaban J connectivity index is 1.53. The van der Waals surface area contributed by atoms with Gasteiger partial charge in [0.15, 0.2) is 0 Å². The third kappa shape index (κ3) is 5.43. The number of anilines is 1. The second-order valence-electron chi connectivity index (χ2n) is 5.74. The normalized spacial score (nSPS) is 10.8. The molecule has 1 amide bonds. The standard InChI is InChI=1S/C20H16IN3O4/c21-15-4-6-16(7-5-15)22-12-19(25)24-23-11-17-8-9-18(28-17)13-2-1-3-14(10-13)20(26)27/h1-11,22H,12H2,(H,24,25)(H,26,27)/b23-11-. The molecule has 0 saturated carbocycles. The predicted octanol–water partition coefficient (Wildman–Crippen LogP) is 3.81. The number of carbonyl (C=O) groups excluding carboxylic acids is 1. The van der Waals surface area contributed by atoms with Crippen LogP contribution in [0, 0.1) is 3.57 Å². The van der Waals surface area contributed by atoms with E-state index in [1.165, 1.54) is 18.3 Å². The molecule has 0 bridgehead atoms. The van der Waals surface area contributed by atoms with Gasteiger partial charge in [-0.25, -0.2) is 10.2 Å². The van der Waals surface area contributed by atoms with E-state index in [2.05, 4.69) is 38.4 Å². The number of rotatable bonds is 7. The lowest BCUT2D eigenvalue weighted by Crippen LogP contribution is -2.25. The number of hydrazone groups is 1. The van der Waals surface area contributed by atoms with Gasteiger partial charge in [-0.15, -0.1) is 0 Å². The summed E-state index contributed by atoms with van der Waals surface area (Å²) >= 11 is 2.21. The molecule has 2 aromatic carbocycles. The molecule has 8 heteroatoms. The minimum Gasteiger partial charge on any atom is -0.478 e. The lowest BCUT2D eigenvalue weighted by molar-refractivity contribution is -0.119. The van der Waals surface area contributed by atoms with E-state index < -0.39 is 5.97 Å². The molecule has 7 nitrogen and oxygen atoms in total. The Morgan fingerprint density at radius 2 is 1.89 bits per heavy atom. The first-order valence-corrected chi connectivity index (χ1v) is 9.34. The number of hydrogen-bond donors (Lipinski definition) is 3. The van der Waals surface area contributed by atoms with E-state index in [0.717, 1.165) is 9.26 Å². The summed E-state index contributed by atoms with van der Waals surface area (Å²) in [5, 5.41) is 15.9. The molecule has 0 aliphatic rings. The van der Waals surface area contributed by atoms with Gasteiger partial charge >= 0.3 is 5.97 Å². The van der Waals surface area contributed by atoms with Crippen molar-refractivity contribution in [2.24, 2.45) is 5.10 Å². The summed E-state index contributed by atoms with van der Waals surface area (Å²) in [6.45, 7) is 0.0866. The summed E-state index contributed by atoms with van der Waals surface area (Å²) in [5.74, 6) is -0.356. The zero-order valence-corrected chi connectivity index (χ0v) is 16.7. The van der Waals surface area contributed by atoms with E-state index in [4.69, 9.17) is 9.52 Å². The van der Waals surface area contributed by atoms with Crippen molar-refractivity contribution in [3.05, 3.63) is 75.6 Å². The van der Waals surface area contributed by atoms with Crippen molar-refractivity contribution in [2.45, 2.75) is 0 Å². The second kappa shape index (κ2) is 9.18. The number of halogens is 1. The Labute approximate surface area is 174 Å². The molecular formula is C20H16IN3O4. The number of hydrogen-bond acceptors (Lipinski definition) is 5. The van der Waals surface area contributed by atoms with Crippen LogP contribution in [0.4, 0.5) is 5.69 Å². The third-order valence-corrected chi connectivity index (χ3v) is 4.42. The molecule has 0 unspecified atom stereocenters. The molecule has 0 saturated heterocycles. The van der Waals surface area contributed by atoms with Gasteiger partial charge < -0.3 is 14.8 Å². The van der Waals surface area contributed by atoms with Gasteiger partial charge in [0.1, 0.15) is 11.5 Å². The maximum atomic E-state index is 11.8. The molecule has 3 aromatic rings. The highest BCUT2D eigenvalue weighted by molar-refractivity contribution is 14.1. The van der Waals surface area contributed by atoms with Crippen LogP contribution in [-0.2, 0) is 4.79 Å². The first kappa shape index (κ1) is 19.6. The number of benzene rings is 2. The summed E-state index contributed by atoms with van der Waals surface area (Å²) < 4.78 is 6.73. The quantitative estimate of drug-likeness (QED) is 0.266. The highest BCUT2D eigenvalue weighted by Crippen LogP contribution is 2.22. The van der Waals surface area contributed by atoms with E-state index in [-0.39, 0.29) is 18.0 Å². The Morgan fingerprint density at radius 3 is 2.64 bits per heavy atom. The molecule has 0 aliphatic carbocycles. The van der Waals surface area contributed by atoms with E-state index in [9.17, 15) is 9.59 Å². The molecule has 0 radical (unpaired) electrons. The fourth-order valence-corrected chi connectivity index (χ4v) is 2.70. The maximum Gasteiger partial charge on any atom is 0.335 e. The molecular weight excluding hydrogens is 473 g/mol. The smallest absolute Gasteiger partial charge is 0.335 e. The van der Waals surface area contributed by atoms with Crippen LogP contribution >= 0.6 is 22.6 Å². The Hall–Kier alpha value is -3.14. The van der Waals surface area contributed by atoms with Crippen LogP contribution in [0.5, 0.6) is 0 Å². The molecule has 1 heterocycles. The number of carboxylic acid groups (broad SMARTS) is 1. The monoisotopic (exact) mass is 489 g/mol. The minimum atomic E-state index is -1.00. The van der Waals surface area contributed by atoms with Gasteiger partial charge in [0.05, 0.1) is 18.3 Å². The number of carboxylic acids is 1. The van der Waals surface area contributed by atoms with E-state index in [1.807, 2.05) is 24.3 Å². The van der Waals surface area contributed by atoms with Crippen molar-refractivity contribution in [3.63, 3.8) is 0 Å². The SMILES string of the molecule is O=C(CNc1ccc(I)cc1)N/N=C\c1ccc(-c2cccc(C(=O)O)c2)o1. The van der Waals surface area contributed by atoms with Crippen molar-refractivity contribution < 1.29 is 19.1 Å². The second-order valence-corrected chi connectivity index (χ2v) is 6.99. The molecule has 3 N–H and O–H groups in total. The summed E-state index contributed by atoms with van der Waals surface area (Å²) in [7, 11) is 0. The van der Waals surface area contributed by atoms with Crippen LogP contribution in [0.2, 0.25) is 0 Å². The van der Waals surface area contributed by atoms with Gasteiger partial charge in [0.2, 0.25) is 0 Å². The van der Waals surface area contributed by atoms with Crippen LogP contribution < -0.4 is 10.7 Å². The van der Waals surface area contributed by atoms with Crippen LogP contribution in [0.1, 0.15) is 16.1 Å². The summed E-state index contributed by atoms with van der Waals surface area (Å²) in [5.41, 5.74) is 4.08. The topological polar surface area (TPSA) is 104 Å². The molecule has 142 valence electrons. The van der Waals surface area contributed by atoms with Crippen LogP contribution in [0.3, 0.4) is 0 Å². The van der Waals surface area contributed by atoms with Gasteiger partial charge in [0.25, 0.3) is 5.91 Å². The summed E-state index contributed by atoms with van der Waals surface area (Å²) in [4.78, 5) is 22.9. The first-order valence-electron chi connectivity index (χ1n) is 8.26. The maximum absolute atomic E-state index is 11.8. The van der Waals surface area contributed by atoms with E-state index in [0.29, 0.717) is 17.1 Å². The van der Waals surface area contributed by atoms with Crippen molar-refractivity contribution in [2.75, 3.05) is 11.9 Å². The number of carbonyl (C=O) groups is 2. The molecule has 0 fully saturated rings. The van der Waals surface area contributed by atoms with E-state index in [1.54, 1.807) is 24.3 Å².